The first kappa shape index (κ1) is 38.3. The number of methoxy groups -OCH3 is 2. The number of carbonyl (C=O) groups excluding carboxylic acids is 4. The van der Waals surface area contributed by atoms with Crippen molar-refractivity contribution in [3.63, 3.8) is 0 Å². The Bertz CT molecular complexity index is 1130. The lowest BCUT2D eigenvalue weighted by Crippen LogP contribution is -2.58. The molecule has 2 aromatic rings. The first-order valence-electron chi connectivity index (χ1n) is 15.3. The van der Waals surface area contributed by atoms with Crippen molar-refractivity contribution in [1.82, 2.24) is 10.6 Å². The van der Waals surface area contributed by atoms with Gasteiger partial charge in [0.05, 0.1) is 27.4 Å². The molecule has 0 saturated carbocycles. The lowest BCUT2D eigenvalue weighted by molar-refractivity contribution is -0.172. The van der Waals surface area contributed by atoms with Crippen LogP contribution < -0.4 is 10.6 Å². The molecule has 6 atom stereocenters. The van der Waals surface area contributed by atoms with Gasteiger partial charge in [0.25, 0.3) is 11.8 Å². The van der Waals surface area contributed by atoms with E-state index in [0.29, 0.717) is 11.1 Å². The third-order valence-corrected chi connectivity index (χ3v) is 7.05. The number of amides is 2. The van der Waals surface area contributed by atoms with Gasteiger partial charge in [-0.3, -0.25) is 9.59 Å². The number of hydrogen-bond acceptors (Lipinski definition) is 10. The summed E-state index contributed by atoms with van der Waals surface area (Å²) in [6.07, 6.45) is -7.07. The van der Waals surface area contributed by atoms with E-state index in [2.05, 4.69) is 10.6 Å². The molecule has 4 N–H and O–H groups in total. The predicted octanol–water partition coefficient (Wildman–Crippen LogP) is 2.29. The molecule has 0 bridgehead atoms. The molecule has 0 radical (unpaired) electrons. The van der Waals surface area contributed by atoms with Crippen LogP contribution in [0.3, 0.4) is 0 Å². The third kappa shape index (κ3) is 12.5. The molecule has 0 fully saturated rings. The highest BCUT2D eigenvalue weighted by Crippen LogP contribution is 2.18. The maximum atomic E-state index is 13.6. The summed E-state index contributed by atoms with van der Waals surface area (Å²) in [7, 11) is 2.38. The number of rotatable bonds is 19. The van der Waals surface area contributed by atoms with Crippen molar-refractivity contribution < 1.29 is 48.3 Å². The van der Waals surface area contributed by atoms with Crippen molar-refractivity contribution in [1.29, 1.82) is 0 Å². The smallest absolute Gasteiger partial charge is 0.328 e. The largest absolute Gasteiger partial charge is 0.467 e. The maximum Gasteiger partial charge on any atom is 0.328 e. The lowest BCUT2D eigenvalue weighted by Gasteiger charge is -2.32. The van der Waals surface area contributed by atoms with Crippen molar-refractivity contribution in [2.75, 3.05) is 14.2 Å². The topological polar surface area (TPSA) is 170 Å². The Morgan fingerprint density at radius 2 is 0.935 bits per heavy atom. The molecule has 0 heterocycles. The zero-order valence-electron chi connectivity index (χ0n) is 27.4. The van der Waals surface area contributed by atoms with Crippen LogP contribution in [0.5, 0.6) is 0 Å². The van der Waals surface area contributed by atoms with E-state index < -0.39 is 60.3 Å². The van der Waals surface area contributed by atoms with Crippen molar-refractivity contribution in [2.24, 2.45) is 11.8 Å². The van der Waals surface area contributed by atoms with Gasteiger partial charge < -0.3 is 39.8 Å². The van der Waals surface area contributed by atoms with Crippen LogP contribution in [0.1, 0.15) is 51.7 Å². The van der Waals surface area contributed by atoms with Crippen LogP contribution in [0.2, 0.25) is 0 Å². The van der Waals surface area contributed by atoms with E-state index in [1.165, 1.54) is 14.2 Å². The van der Waals surface area contributed by atoms with Gasteiger partial charge in [-0.25, -0.2) is 9.59 Å². The van der Waals surface area contributed by atoms with Gasteiger partial charge in [0.1, 0.15) is 24.3 Å². The monoisotopic (exact) mass is 644 g/mol. The van der Waals surface area contributed by atoms with Gasteiger partial charge in [0.15, 0.2) is 12.2 Å². The van der Waals surface area contributed by atoms with Gasteiger partial charge >= 0.3 is 11.9 Å². The highest BCUT2D eigenvalue weighted by molar-refractivity contribution is 5.89. The molecule has 12 heteroatoms. The Morgan fingerprint density at radius 3 is 1.22 bits per heavy atom. The second kappa shape index (κ2) is 19.6. The summed E-state index contributed by atoms with van der Waals surface area (Å²) >= 11 is 0. The zero-order valence-corrected chi connectivity index (χ0v) is 27.4. The molecule has 0 aliphatic rings. The van der Waals surface area contributed by atoms with Crippen LogP contribution in [-0.4, -0.2) is 84.7 Å². The van der Waals surface area contributed by atoms with Gasteiger partial charge in [-0.2, -0.15) is 0 Å². The van der Waals surface area contributed by atoms with E-state index in [9.17, 15) is 29.4 Å². The molecule has 0 aromatic heterocycles. The molecular weight excluding hydrogens is 596 g/mol. The highest BCUT2D eigenvalue weighted by Gasteiger charge is 2.42. The van der Waals surface area contributed by atoms with Crippen LogP contribution in [0.4, 0.5) is 0 Å². The number of esters is 2. The Hall–Kier alpha value is -3.84. The Balaban J connectivity index is 2.43. The van der Waals surface area contributed by atoms with Crippen LogP contribution in [0.25, 0.3) is 0 Å². The number of hydrogen-bond donors (Lipinski definition) is 4. The van der Waals surface area contributed by atoms with E-state index in [1.807, 2.05) is 27.7 Å². The molecule has 46 heavy (non-hydrogen) atoms. The van der Waals surface area contributed by atoms with Gasteiger partial charge in [-0.1, -0.05) is 88.4 Å². The Morgan fingerprint density at radius 1 is 0.609 bits per heavy atom. The predicted molar refractivity (Wildman–Crippen MR) is 169 cm³/mol. The van der Waals surface area contributed by atoms with Crippen LogP contribution in [-0.2, 0) is 51.3 Å². The van der Waals surface area contributed by atoms with E-state index >= 15 is 0 Å². The SMILES string of the molecule is COC(=O)[C@H](CC(C)C)NC(=O)[C@H](OCc1ccccc1)[C@H](O)[C@@H](O)[C@@H](OCc1ccccc1)C(=O)N[C@@H](CC(C)C)C(=O)OC. The number of carbonyl (C=O) groups is 4. The van der Waals surface area contributed by atoms with Gasteiger partial charge in [-0.05, 0) is 35.8 Å². The first-order valence-corrected chi connectivity index (χ1v) is 15.3. The summed E-state index contributed by atoms with van der Waals surface area (Å²) in [6, 6.07) is 15.5. The van der Waals surface area contributed by atoms with Gasteiger partial charge in [-0.15, -0.1) is 0 Å². The summed E-state index contributed by atoms with van der Waals surface area (Å²) in [5.41, 5.74) is 1.33. The minimum Gasteiger partial charge on any atom is -0.467 e. The number of aliphatic hydroxyl groups excluding tert-OH is 2. The molecule has 0 aliphatic carbocycles. The Kier molecular flexibility index (Phi) is 16.4. The number of aliphatic hydroxyl groups is 2. The fourth-order valence-electron chi connectivity index (χ4n) is 4.70. The molecule has 2 rings (SSSR count). The average molecular weight is 645 g/mol. The summed E-state index contributed by atoms with van der Waals surface area (Å²) < 4.78 is 21.4. The summed E-state index contributed by atoms with van der Waals surface area (Å²) in [5.74, 6) is -3.21. The summed E-state index contributed by atoms with van der Waals surface area (Å²) in [5, 5.41) is 28.1. The maximum absolute atomic E-state index is 13.6. The summed E-state index contributed by atoms with van der Waals surface area (Å²) in [4.78, 5) is 52.1. The van der Waals surface area contributed by atoms with Crippen LogP contribution >= 0.6 is 0 Å². The minimum absolute atomic E-state index is 0.00309. The van der Waals surface area contributed by atoms with Gasteiger partial charge in [0.2, 0.25) is 0 Å². The van der Waals surface area contributed by atoms with Crippen molar-refractivity contribution in [2.45, 2.75) is 90.2 Å². The third-order valence-electron chi connectivity index (χ3n) is 7.05. The van der Waals surface area contributed by atoms with E-state index in [1.54, 1.807) is 60.7 Å². The van der Waals surface area contributed by atoms with E-state index in [-0.39, 0.29) is 37.9 Å². The highest BCUT2D eigenvalue weighted by atomic mass is 16.5. The van der Waals surface area contributed by atoms with Crippen molar-refractivity contribution >= 4 is 23.8 Å². The molecular formula is C34H48N2O10. The molecule has 0 unspecified atom stereocenters. The standard InChI is InChI=1S/C34H48N2O10/c1-21(2)17-25(33(41)43-5)35-31(39)29(45-19-23-13-9-7-10-14-23)27(37)28(38)30(46-20-24-15-11-8-12-16-24)32(40)36-26(18-22(3)4)34(42)44-6/h7-16,21-22,25-30,37-38H,17-20H2,1-6H3,(H,35,39)(H,36,40)/t25-,26-,27+,28+,29+,30+/m0/s1. The molecule has 0 aliphatic heterocycles. The number of ether oxygens (including phenoxy) is 4. The summed E-state index contributed by atoms with van der Waals surface area (Å²) in [6.45, 7) is 7.15. The average Bonchev–Trinajstić information content (AvgIpc) is 3.03. The lowest BCUT2D eigenvalue weighted by atomic mass is 9.98. The molecule has 12 nitrogen and oxygen atoms in total. The molecule has 254 valence electrons. The first-order chi connectivity index (χ1) is 21.9. The van der Waals surface area contributed by atoms with E-state index in [4.69, 9.17) is 18.9 Å². The van der Waals surface area contributed by atoms with Gasteiger partial charge in [0, 0.05) is 0 Å². The van der Waals surface area contributed by atoms with E-state index in [0.717, 1.165) is 0 Å². The molecule has 2 aromatic carbocycles. The van der Waals surface area contributed by atoms with Crippen LogP contribution in [0, 0.1) is 11.8 Å². The minimum atomic E-state index is -2.02. The Labute approximate surface area is 270 Å². The van der Waals surface area contributed by atoms with Crippen molar-refractivity contribution in [3.8, 4) is 0 Å². The molecule has 2 amide bonds. The zero-order chi connectivity index (χ0) is 34.2. The second-order valence-electron chi connectivity index (χ2n) is 11.8. The molecule has 0 spiro atoms. The van der Waals surface area contributed by atoms with Crippen molar-refractivity contribution in [3.05, 3.63) is 71.8 Å². The second-order valence-corrected chi connectivity index (χ2v) is 11.8. The quantitative estimate of drug-likeness (QED) is 0.167. The normalized spacial score (nSPS) is 15.3. The molecule has 0 saturated heterocycles. The number of nitrogens with one attached hydrogen (secondary N) is 2. The fraction of sp³-hybridized carbons (Fsp3) is 0.529. The van der Waals surface area contributed by atoms with Crippen LogP contribution in [0.15, 0.2) is 60.7 Å². The number of benzene rings is 2. The fourth-order valence-corrected chi connectivity index (χ4v) is 4.70.